The van der Waals surface area contributed by atoms with Crippen molar-refractivity contribution < 1.29 is 29.7 Å². The molecule has 3 aliphatic rings. The van der Waals surface area contributed by atoms with E-state index >= 15 is 0 Å². The molecule has 0 saturated carbocycles. The maximum atomic E-state index is 10.4. The number of nitrogens with zero attached hydrogens (tertiary/aromatic N) is 2. The first-order valence-electron chi connectivity index (χ1n) is 9.71. The molecule has 0 bridgehead atoms. The third kappa shape index (κ3) is 2.66. The summed E-state index contributed by atoms with van der Waals surface area (Å²) in [6.45, 7) is 4.08. The van der Waals surface area contributed by atoms with Crippen LogP contribution in [-0.2, 0) is 4.74 Å². The number of phenolic OH excluding ortho intramolecular Hbond substituents is 1. The first-order chi connectivity index (χ1) is 13.9. The summed E-state index contributed by atoms with van der Waals surface area (Å²) >= 11 is 0. The van der Waals surface area contributed by atoms with E-state index in [2.05, 4.69) is 6.92 Å². The van der Waals surface area contributed by atoms with Gasteiger partial charge in [0.25, 0.3) is 6.23 Å². The van der Waals surface area contributed by atoms with E-state index in [0.717, 1.165) is 39.2 Å². The van der Waals surface area contributed by atoms with Gasteiger partial charge in [0.15, 0.2) is 18.5 Å². The van der Waals surface area contributed by atoms with Crippen LogP contribution in [0.15, 0.2) is 41.7 Å². The van der Waals surface area contributed by atoms with E-state index in [1.54, 1.807) is 16.7 Å². The minimum atomic E-state index is -1.26. The Morgan fingerprint density at radius 1 is 1.10 bits per heavy atom. The number of aliphatic hydroxyl groups excluding tert-OH is 3. The Labute approximate surface area is 167 Å². The number of rotatable bonds is 1. The number of phenols is 1. The molecule has 5 unspecified atom stereocenters. The average molecular weight is 395 g/mol. The van der Waals surface area contributed by atoms with Crippen LogP contribution in [-0.4, -0.2) is 51.1 Å². The minimum Gasteiger partial charge on any atom is -0.508 e. The summed E-state index contributed by atoms with van der Waals surface area (Å²) in [6, 6.07) is 7.19. The maximum Gasteiger partial charge on any atom is 0.291 e. The molecule has 3 heterocycles. The molecule has 2 aromatic rings. The van der Waals surface area contributed by atoms with Crippen LogP contribution in [0.25, 0.3) is 11.1 Å². The van der Waals surface area contributed by atoms with Crippen LogP contribution in [0.4, 0.5) is 5.69 Å². The summed E-state index contributed by atoms with van der Waals surface area (Å²) in [6.07, 6.45) is -0.674. The molecule has 7 heteroatoms. The molecule has 150 valence electrons. The van der Waals surface area contributed by atoms with Crippen molar-refractivity contribution in [1.82, 2.24) is 0 Å². The summed E-state index contributed by atoms with van der Waals surface area (Å²) in [5.41, 5.74) is 6.92. The fourth-order valence-electron chi connectivity index (χ4n) is 4.56. The van der Waals surface area contributed by atoms with Crippen molar-refractivity contribution in [3.05, 3.63) is 53.3 Å². The highest BCUT2D eigenvalue weighted by molar-refractivity contribution is 6.38. The quantitative estimate of drug-likeness (QED) is 0.547. The van der Waals surface area contributed by atoms with Crippen molar-refractivity contribution in [1.29, 1.82) is 0 Å². The summed E-state index contributed by atoms with van der Waals surface area (Å²) in [4.78, 5) is 4.80. The highest BCUT2D eigenvalue weighted by atomic mass is 16.5. The molecule has 4 N–H and O–H groups in total. The number of fused-ring (bicyclic) bond motifs is 4. The second-order valence-electron chi connectivity index (χ2n) is 7.95. The molecule has 0 radical (unpaired) electrons. The van der Waals surface area contributed by atoms with Gasteiger partial charge < -0.3 is 25.2 Å². The van der Waals surface area contributed by atoms with Crippen LogP contribution in [0, 0.1) is 0 Å². The van der Waals surface area contributed by atoms with Crippen molar-refractivity contribution in [3.8, 4) is 5.75 Å². The number of aromatic nitrogens is 1. The summed E-state index contributed by atoms with van der Waals surface area (Å²) in [5.74, 6) is 0.269. The van der Waals surface area contributed by atoms with Crippen LogP contribution in [0.2, 0.25) is 0 Å². The van der Waals surface area contributed by atoms with Crippen LogP contribution in [0.3, 0.4) is 0 Å². The van der Waals surface area contributed by atoms with Gasteiger partial charge in [0.2, 0.25) is 0 Å². The fourth-order valence-corrected chi connectivity index (χ4v) is 4.56. The Bertz CT molecular complexity index is 1080. The van der Waals surface area contributed by atoms with E-state index in [1.807, 2.05) is 31.5 Å². The number of pyridine rings is 1. The molecule has 1 aliphatic carbocycles. The maximum absolute atomic E-state index is 10.4. The molecule has 29 heavy (non-hydrogen) atoms. The van der Waals surface area contributed by atoms with Crippen LogP contribution >= 0.6 is 0 Å². The lowest BCUT2D eigenvalue weighted by molar-refractivity contribution is -0.775. The molecule has 1 aromatic carbocycles. The third-order valence-electron chi connectivity index (χ3n) is 6.19. The molecule has 1 aromatic heterocycles. The van der Waals surface area contributed by atoms with Gasteiger partial charge in [-0.2, -0.15) is 4.57 Å². The van der Waals surface area contributed by atoms with Crippen LogP contribution in [0.1, 0.15) is 42.7 Å². The molecule has 0 amide bonds. The number of hydrogen-bond donors (Lipinski definition) is 4. The second kappa shape index (κ2) is 6.47. The SMILES string of the molecule is CC1=C2C(=Nc3ccc(O)cc32)C(C)c2cc[n+](C3OCC(O)C(O)C3O)cc21. The number of aliphatic imine (C=N–C) groups is 1. The largest absolute Gasteiger partial charge is 0.508 e. The lowest BCUT2D eigenvalue weighted by Gasteiger charge is -2.32. The molecule has 1 fully saturated rings. The topological polar surface area (TPSA) is 106 Å². The van der Waals surface area contributed by atoms with E-state index in [1.165, 1.54) is 0 Å². The lowest BCUT2D eigenvalue weighted by atomic mass is 9.78. The van der Waals surface area contributed by atoms with Gasteiger partial charge >= 0.3 is 0 Å². The zero-order valence-electron chi connectivity index (χ0n) is 16.1. The predicted molar refractivity (Wildman–Crippen MR) is 106 cm³/mol. The zero-order valence-corrected chi connectivity index (χ0v) is 16.1. The second-order valence-corrected chi connectivity index (χ2v) is 7.95. The fraction of sp³-hybridized carbons (Fsp3) is 0.364. The van der Waals surface area contributed by atoms with E-state index in [4.69, 9.17) is 9.73 Å². The highest BCUT2D eigenvalue weighted by Gasteiger charge is 2.44. The van der Waals surface area contributed by atoms with Gasteiger partial charge in [0.1, 0.15) is 18.0 Å². The Morgan fingerprint density at radius 2 is 1.90 bits per heavy atom. The zero-order chi connectivity index (χ0) is 20.4. The van der Waals surface area contributed by atoms with Crippen molar-refractivity contribution >= 4 is 22.5 Å². The van der Waals surface area contributed by atoms with Crippen molar-refractivity contribution in [2.45, 2.75) is 44.3 Å². The van der Waals surface area contributed by atoms with E-state index in [-0.39, 0.29) is 18.3 Å². The van der Waals surface area contributed by atoms with Crippen molar-refractivity contribution in [2.24, 2.45) is 4.99 Å². The molecular weight excluding hydrogens is 372 g/mol. The van der Waals surface area contributed by atoms with Gasteiger partial charge in [0, 0.05) is 28.7 Å². The number of aromatic hydroxyl groups is 1. The molecule has 2 aliphatic heterocycles. The van der Waals surface area contributed by atoms with Gasteiger partial charge in [-0.3, -0.25) is 4.99 Å². The molecule has 1 saturated heterocycles. The number of ether oxygens (including phenoxy) is 1. The smallest absolute Gasteiger partial charge is 0.291 e. The van der Waals surface area contributed by atoms with Gasteiger partial charge in [-0.15, -0.1) is 0 Å². The average Bonchev–Trinajstić information content (AvgIpc) is 3.09. The van der Waals surface area contributed by atoms with E-state index < -0.39 is 24.5 Å². The molecule has 7 nitrogen and oxygen atoms in total. The van der Waals surface area contributed by atoms with Gasteiger partial charge in [-0.1, -0.05) is 6.92 Å². The van der Waals surface area contributed by atoms with E-state index in [0.29, 0.717) is 0 Å². The molecule has 5 atom stereocenters. The molecule has 5 rings (SSSR count). The van der Waals surface area contributed by atoms with Gasteiger partial charge in [0.05, 0.1) is 18.0 Å². The van der Waals surface area contributed by atoms with Crippen LogP contribution in [0.5, 0.6) is 5.75 Å². The Kier molecular flexibility index (Phi) is 4.11. The summed E-state index contributed by atoms with van der Waals surface area (Å²) in [5, 5.41) is 40.1. The normalized spacial score (nSPS) is 30.5. The molecule has 0 spiro atoms. The summed E-state index contributed by atoms with van der Waals surface area (Å²) in [7, 11) is 0. The van der Waals surface area contributed by atoms with Gasteiger partial charge in [-0.05, 0) is 36.3 Å². The Morgan fingerprint density at radius 3 is 2.69 bits per heavy atom. The Hall–Kier alpha value is -2.58. The predicted octanol–water partition coefficient (Wildman–Crippen LogP) is 1.43. The summed E-state index contributed by atoms with van der Waals surface area (Å²) < 4.78 is 7.33. The standard InChI is InChI=1S/C22H22N2O5/c1-10-15-8-24(22-21(28)20(27)17(26)9-29-22)6-5-13(15)11(2)19-18(10)14-7-12(25)3-4-16(14)23-19/h3-8,11,17,20-22,26-28H,9H2,1-2H3/p+1. The van der Waals surface area contributed by atoms with Crippen molar-refractivity contribution in [2.75, 3.05) is 6.61 Å². The highest BCUT2D eigenvalue weighted by Crippen LogP contribution is 2.48. The number of allylic oxidation sites excluding steroid dienone is 2. The molecular formula is C22H23N2O5+. The number of aliphatic hydroxyl groups is 3. The lowest BCUT2D eigenvalue weighted by Crippen LogP contribution is -2.58. The third-order valence-corrected chi connectivity index (χ3v) is 6.19. The number of benzene rings is 1. The van der Waals surface area contributed by atoms with E-state index in [9.17, 15) is 20.4 Å². The first-order valence-corrected chi connectivity index (χ1v) is 9.71. The monoisotopic (exact) mass is 395 g/mol. The van der Waals surface area contributed by atoms with Crippen LogP contribution < -0.4 is 4.57 Å². The Balaban J connectivity index is 1.62. The first kappa shape index (κ1) is 18.4. The van der Waals surface area contributed by atoms with Gasteiger partial charge in [-0.25, -0.2) is 0 Å². The minimum absolute atomic E-state index is 0.0487. The number of hydrogen-bond acceptors (Lipinski definition) is 6. The van der Waals surface area contributed by atoms with Crippen molar-refractivity contribution in [3.63, 3.8) is 0 Å².